The van der Waals surface area contributed by atoms with E-state index in [1.807, 2.05) is 5.32 Å². The monoisotopic (exact) mass is 424 g/mol. The molecule has 1 N–H and O–H groups in total. The summed E-state index contributed by atoms with van der Waals surface area (Å²) >= 11 is 0.590. The zero-order valence-corrected chi connectivity index (χ0v) is 15.7. The fourth-order valence-electron chi connectivity index (χ4n) is 2.24. The number of thioether (sulfide) groups is 1. The summed E-state index contributed by atoms with van der Waals surface area (Å²) < 4.78 is 45.6. The molecule has 152 valence electrons. The molecule has 0 fully saturated rings. The molecular weight excluding hydrogens is 411 g/mol. The third-order valence-corrected chi connectivity index (χ3v) is 4.51. The maximum Gasteiger partial charge on any atom is 0.417 e. The van der Waals surface area contributed by atoms with Crippen molar-refractivity contribution in [2.45, 2.75) is 11.2 Å². The summed E-state index contributed by atoms with van der Waals surface area (Å²) in [6, 6.07) is 8.42. The van der Waals surface area contributed by atoms with Crippen LogP contribution in [0.3, 0.4) is 0 Å². The molecule has 7 nitrogen and oxygen atoms in total. The first-order valence-corrected chi connectivity index (χ1v) is 8.90. The van der Waals surface area contributed by atoms with Crippen LogP contribution in [-0.4, -0.2) is 36.3 Å². The first kappa shape index (κ1) is 22.0. The molecule has 0 radical (unpaired) electrons. The molecule has 0 atom stereocenters. The first-order valence-electron chi connectivity index (χ1n) is 7.91. The van der Waals surface area contributed by atoms with E-state index in [1.54, 1.807) is 12.1 Å². The summed E-state index contributed by atoms with van der Waals surface area (Å²) in [6.45, 7) is -0.740. The van der Waals surface area contributed by atoms with E-state index in [0.29, 0.717) is 23.1 Å². The van der Waals surface area contributed by atoms with Crippen LogP contribution >= 0.6 is 11.8 Å². The lowest BCUT2D eigenvalue weighted by atomic mass is 10.1. The van der Waals surface area contributed by atoms with E-state index in [2.05, 4.69) is 4.98 Å². The second kappa shape index (κ2) is 9.29. The highest BCUT2D eigenvalue weighted by molar-refractivity contribution is 8.00. The molecule has 1 aromatic carbocycles. The highest BCUT2D eigenvalue weighted by atomic mass is 32.2. The predicted molar refractivity (Wildman–Crippen MR) is 94.7 cm³/mol. The van der Waals surface area contributed by atoms with Gasteiger partial charge in [0.25, 0.3) is 0 Å². The fraction of sp³-hybridized carbons (Fsp3) is 0.222. The number of rotatable bonds is 7. The number of hydrogen-bond acceptors (Lipinski definition) is 7. The lowest BCUT2D eigenvalue weighted by Gasteiger charge is -2.14. The number of aromatic nitrogens is 1. The van der Waals surface area contributed by atoms with Gasteiger partial charge in [0.15, 0.2) is 0 Å². The van der Waals surface area contributed by atoms with Crippen molar-refractivity contribution < 1.29 is 32.6 Å². The van der Waals surface area contributed by atoms with Crippen LogP contribution in [0.2, 0.25) is 0 Å². The molecule has 0 bridgehead atoms. The van der Waals surface area contributed by atoms with Gasteiger partial charge in [0, 0.05) is 5.56 Å². The Morgan fingerprint density at radius 2 is 2.07 bits per heavy atom. The second-order valence-electron chi connectivity index (χ2n) is 5.51. The predicted octanol–water partition coefficient (Wildman–Crippen LogP) is 1.61. The summed E-state index contributed by atoms with van der Waals surface area (Å²) in [4.78, 5) is 26.1. The van der Waals surface area contributed by atoms with Crippen LogP contribution in [-0.2, 0) is 15.8 Å². The molecule has 2 rings (SSSR count). The van der Waals surface area contributed by atoms with Gasteiger partial charge in [-0.3, -0.25) is 4.79 Å². The minimum absolute atomic E-state index is 0.0622. The molecule has 0 spiro atoms. The first-order chi connectivity index (χ1) is 13.7. The SMILES string of the molecule is COc1cccc(-c2cc(C(F)(F)F)c(C#N)c(SCC(=O)NCC(=O)[O-])n2)c1. The van der Waals surface area contributed by atoms with Gasteiger partial charge in [0.2, 0.25) is 5.91 Å². The van der Waals surface area contributed by atoms with Gasteiger partial charge in [-0.05, 0) is 18.2 Å². The average Bonchev–Trinajstić information content (AvgIpc) is 2.69. The van der Waals surface area contributed by atoms with Crippen molar-refractivity contribution in [3.63, 3.8) is 0 Å². The third kappa shape index (κ3) is 5.86. The number of carbonyl (C=O) groups excluding carboxylic acids is 2. The summed E-state index contributed by atoms with van der Waals surface area (Å²) in [5.74, 6) is -2.31. The van der Waals surface area contributed by atoms with E-state index in [4.69, 9.17) is 4.74 Å². The van der Waals surface area contributed by atoms with E-state index in [-0.39, 0.29) is 10.7 Å². The molecule has 1 heterocycles. The Kier molecular flexibility index (Phi) is 7.06. The van der Waals surface area contributed by atoms with Gasteiger partial charge in [-0.1, -0.05) is 23.9 Å². The van der Waals surface area contributed by atoms with Gasteiger partial charge in [-0.15, -0.1) is 0 Å². The number of nitrogens with zero attached hydrogens (tertiary/aromatic N) is 2. The number of ether oxygens (including phenoxy) is 1. The molecule has 0 saturated carbocycles. The zero-order valence-electron chi connectivity index (χ0n) is 14.9. The van der Waals surface area contributed by atoms with Crippen LogP contribution < -0.4 is 15.2 Å². The van der Waals surface area contributed by atoms with Crippen LogP contribution in [0.15, 0.2) is 35.4 Å². The standard InChI is InChI=1S/C18H14F3N3O4S/c1-28-11-4-2-3-10(5-11)14-6-13(18(19,20)21)12(7-22)17(24-14)29-9-15(25)23-8-16(26)27/h2-6H,8-9H2,1H3,(H,23,25)(H,26,27)/p-1. The number of carboxylic acid groups (broad SMARTS) is 1. The minimum atomic E-state index is -4.83. The Labute approximate surface area is 167 Å². The van der Waals surface area contributed by atoms with E-state index >= 15 is 0 Å². The topological polar surface area (TPSA) is 115 Å². The van der Waals surface area contributed by atoms with E-state index in [0.717, 1.165) is 6.07 Å². The Morgan fingerprint density at radius 1 is 1.34 bits per heavy atom. The Balaban J connectivity index is 2.46. The normalized spacial score (nSPS) is 10.9. The van der Waals surface area contributed by atoms with Crippen LogP contribution in [0.25, 0.3) is 11.3 Å². The third-order valence-electron chi connectivity index (χ3n) is 3.54. The number of methoxy groups -OCH3 is 1. The van der Waals surface area contributed by atoms with E-state index in [1.165, 1.54) is 25.3 Å². The molecule has 29 heavy (non-hydrogen) atoms. The van der Waals surface area contributed by atoms with Gasteiger partial charge < -0.3 is 20.0 Å². The second-order valence-corrected chi connectivity index (χ2v) is 6.48. The maximum absolute atomic E-state index is 13.5. The number of pyridine rings is 1. The highest BCUT2D eigenvalue weighted by Gasteiger charge is 2.36. The lowest BCUT2D eigenvalue weighted by molar-refractivity contribution is -0.304. The van der Waals surface area contributed by atoms with Crippen molar-refractivity contribution >= 4 is 23.6 Å². The van der Waals surface area contributed by atoms with Gasteiger partial charge in [-0.25, -0.2) is 4.98 Å². The minimum Gasteiger partial charge on any atom is -0.548 e. The Bertz CT molecular complexity index is 974. The van der Waals surface area contributed by atoms with E-state index < -0.39 is 41.5 Å². The van der Waals surface area contributed by atoms with Crippen LogP contribution in [0, 0.1) is 11.3 Å². The quantitative estimate of drug-likeness (QED) is 0.672. The summed E-state index contributed by atoms with van der Waals surface area (Å²) in [6.07, 6.45) is -4.83. The number of alkyl halides is 3. The molecule has 0 aliphatic rings. The van der Waals surface area contributed by atoms with Crippen molar-refractivity contribution in [1.82, 2.24) is 10.3 Å². The number of halogens is 3. The van der Waals surface area contributed by atoms with Crippen LogP contribution in [0.5, 0.6) is 5.75 Å². The molecule has 0 saturated heterocycles. The lowest BCUT2D eigenvalue weighted by Crippen LogP contribution is -2.38. The Morgan fingerprint density at radius 3 is 2.66 bits per heavy atom. The summed E-state index contributed by atoms with van der Waals surface area (Å²) in [7, 11) is 1.40. The van der Waals surface area contributed by atoms with Gasteiger partial charge in [-0.2, -0.15) is 18.4 Å². The van der Waals surface area contributed by atoms with Crippen LogP contribution in [0.4, 0.5) is 13.2 Å². The molecule has 1 amide bonds. The van der Waals surface area contributed by atoms with Gasteiger partial charge in [0.1, 0.15) is 16.8 Å². The van der Waals surface area contributed by atoms with Crippen LogP contribution in [0.1, 0.15) is 11.1 Å². The largest absolute Gasteiger partial charge is 0.548 e. The fourth-order valence-corrected chi connectivity index (χ4v) is 3.08. The van der Waals surface area contributed by atoms with Gasteiger partial charge >= 0.3 is 6.18 Å². The molecule has 0 aliphatic carbocycles. The van der Waals surface area contributed by atoms with Gasteiger partial charge in [0.05, 0.1) is 42.2 Å². The van der Waals surface area contributed by atoms with Crippen molar-refractivity contribution in [2.24, 2.45) is 0 Å². The van der Waals surface area contributed by atoms with Crippen molar-refractivity contribution in [3.05, 3.63) is 41.5 Å². The number of benzene rings is 1. The highest BCUT2D eigenvalue weighted by Crippen LogP contribution is 2.38. The number of nitrogens with one attached hydrogen (secondary N) is 1. The molecule has 11 heteroatoms. The molecular formula is C18H13F3N3O4S-. The number of carbonyl (C=O) groups is 2. The molecule has 1 aromatic heterocycles. The van der Waals surface area contributed by atoms with E-state index in [9.17, 15) is 33.1 Å². The number of carboxylic acids is 1. The van der Waals surface area contributed by atoms with Crippen molar-refractivity contribution in [1.29, 1.82) is 5.26 Å². The maximum atomic E-state index is 13.5. The number of nitriles is 1. The number of aliphatic carboxylic acids is 1. The molecule has 0 unspecified atom stereocenters. The Hall–Kier alpha value is -3.26. The number of hydrogen-bond donors (Lipinski definition) is 1. The zero-order chi connectivity index (χ0) is 21.6. The smallest absolute Gasteiger partial charge is 0.417 e. The average molecular weight is 424 g/mol. The molecule has 2 aromatic rings. The van der Waals surface area contributed by atoms with Crippen molar-refractivity contribution in [2.75, 3.05) is 19.4 Å². The number of amides is 1. The summed E-state index contributed by atoms with van der Waals surface area (Å²) in [5, 5.41) is 21.3. The van der Waals surface area contributed by atoms with Crippen molar-refractivity contribution in [3.8, 4) is 23.1 Å². The summed E-state index contributed by atoms with van der Waals surface area (Å²) in [5.41, 5.74) is -1.65. The molecule has 0 aliphatic heterocycles.